The minimum absolute atomic E-state index is 0.0177. The SMILES string of the molecule is CCOc1ccc(CC(=O)N2CCC[C@@H]2c2cccc(F)c2)cc1. The van der Waals surface area contributed by atoms with Crippen LogP contribution in [-0.2, 0) is 11.2 Å². The van der Waals surface area contributed by atoms with Crippen LogP contribution in [0.1, 0.15) is 36.9 Å². The third-order valence-electron chi connectivity index (χ3n) is 4.40. The Morgan fingerprint density at radius 2 is 2.04 bits per heavy atom. The molecule has 3 rings (SSSR count). The lowest BCUT2D eigenvalue weighted by atomic mass is 10.0. The number of likely N-dealkylation sites (tertiary alicyclic amines) is 1. The molecule has 0 aliphatic carbocycles. The van der Waals surface area contributed by atoms with E-state index < -0.39 is 0 Å². The third-order valence-corrected chi connectivity index (χ3v) is 4.40. The number of benzene rings is 2. The van der Waals surface area contributed by atoms with Crippen LogP contribution in [0.25, 0.3) is 0 Å². The predicted molar refractivity (Wildman–Crippen MR) is 91.4 cm³/mol. The van der Waals surface area contributed by atoms with E-state index in [9.17, 15) is 9.18 Å². The lowest BCUT2D eigenvalue weighted by molar-refractivity contribution is -0.131. The highest BCUT2D eigenvalue weighted by molar-refractivity contribution is 5.79. The fourth-order valence-corrected chi connectivity index (χ4v) is 3.27. The van der Waals surface area contributed by atoms with E-state index in [0.717, 1.165) is 36.3 Å². The zero-order valence-electron chi connectivity index (χ0n) is 13.9. The van der Waals surface area contributed by atoms with E-state index >= 15 is 0 Å². The summed E-state index contributed by atoms with van der Waals surface area (Å²) in [4.78, 5) is 14.6. The van der Waals surface area contributed by atoms with E-state index in [1.807, 2.05) is 42.2 Å². The first-order valence-corrected chi connectivity index (χ1v) is 8.44. The molecule has 0 unspecified atom stereocenters. The summed E-state index contributed by atoms with van der Waals surface area (Å²) in [6.45, 7) is 3.30. The molecule has 1 aliphatic rings. The molecular weight excluding hydrogens is 305 g/mol. The van der Waals surface area contributed by atoms with Gasteiger partial charge in [-0.3, -0.25) is 4.79 Å². The van der Waals surface area contributed by atoms with E-state index in [2.05, 4.69) is 0 Å². The number of hydrogen-bond donors (Lipinski definition) is 0. The van der Waals surface area contributed by atoms with Crippen LogP contribution >= 0.6 is 0 Å². The summed E-state index contributed by atoms with van der Waals surface area (Å²) in [6, 6.07) is 14.2. The molecule has 126 valence electrons. The number of carbonyl (C=O) groups is 1. The quantitative estimate of drug-likeness (QED) is 0.826. The van der Waals surface area contributed by atoms with Crippen LogP contribution in [-0.4, -0.2) is 24.0 Å². The van der Waals surface area contributed by atoms with E-state index in [-0.39, 0.29) is 17.8 Å². The smallest absolute Gasteiger partial charge is 0.227 e. The van der Waals surface area contributed by atoms with Crippen LogP contribution in [0, 0.1) is 5.82 Å². The van der Waals surface area contributed by atoms with Crippen molar-refractivity contribution in [1.29, 1.82) is 0 Å². The standard InChI is InChI=1S/C20H22FNO2/c1-2-24-18-10-8-15(9-11-18)13-20(23)22-12-4-7-19(22)16-5-3-6-17(21)14-16/h3,5-6,8-11,14,19H,2,4,7,12-13H2,1H3/t19-/m1/s1. The van der Waals surface area contributed by atoms with Crippen molar-refractivity contribution in [2.24, 2.45) is 0 Å². The molecule has 0 spiro atoms. The molecule has 1 aliphatic heterocycles. The Balaban J connectivity index is 1.69. The number of halogens is 1. The van der Waals surface area contributed by atoms with Crippen molar-refractivity contribution in [3.05, 3.63) is 65.5 Å². The number of carbonyl (C=O) groups excluding carboxylic acids is 1. The average molecular weight is 327 g/mol. The van der Waals surface area contributed by atoms with Crippen LogP contribution < -0.4 is 4.74 Å². The fraction of sp³-hybridized carbons (Fsp3) is 0.350. The maximum absolute atomic E-state index is 13.5. The highest BCUT2D eigenvalue weighted by atomic mass is 19.1. The van der Waals surface area contributed by atoms with Gasteiger partial charge in [0.05, 0.1) is 19.1 Å². The molecule has 0 aromatic heterocycles. The number of amides is 1. The molecule has 0 radical (unpaired) electrons. The lowest BCUT2D eigenvalue weighted by Gasteiger charge is -2.25. The molecular formula is C20H22FNO2. The van der Waals surface area contributed by atoms with Gasteiger partial charge in [-0.1, -0.05) is 24.3 Å². The first-order valence-electron chi connectivity index (χ1n) is 8.44. The molecule has 1 fully saturated rings. The molecule has 1 heterocycles. The van der Waals surface area contributed by atoms with Gasteiger partial charge in [-0.25, -0.2) is 4.39 Å². The van der Waals surface area contributed by atoms with Crippen LogP contribution in [0.5, 0.6) is 5.75 Å². The second-order valence-corrected chi connectivity index (χ2v) is 6.05. The number of hydrogen-bond acceptors (Lipinski definition) is 2. The van der Waals surface area contributed by atoms with Crippen molar-refractivity contribution < 1.29 is 13.9 Å². The monoisotopic (exact) mass is 327 g/mol. The van der Waals surface area contributed by atoms with Crippen molar-refractivity contribution in [2.45, 2.75) is 32.2 Å². The molecule has 0 N–H and O–H groups in total. The lowest BCUT2D eigenvalue weighted by Crippen LogP contribution is -2.31. The van der Waals surface area contributed by atoms with Gasteiger partial charge in [0.2, 0.25) is 5.91 Å². The molecule has 4 heteroatoms. The van der Waals surface area contributed by atoms with Crippen LogP contribution in [0.3, 0.4) is 0 Å². The summed E-state index contributed by atoms with van der Waals surface area (Å²) in [5.74, 6) is 0.650. The fourth-order valence-electron chi connectivity index (χ4n) is 3.27. The second-order valence-electron chi connectivity index (χ2n) is 6.05. The van der Waals surface area contributed by atoms with Crippen LogP contribution in [0.15, 0.2) is 48.5 Å². The van der Waals surface area contributed by atoms with E-state index in [0.29, 0.717) is 13.0 Å². The molecule has 1 atom stereocenters. The first-order chi connectivity index (χ1) is 11.7. The summed E-state index contributed by atoms with van der Waals surface area (Å²) in [7, 11) is 0. The van der Waals surface area contributed by atoms with Crippen molar-refractivity contribution >= 4 is 5.91 Å². The Labute approximate surface area is 142 Å². The highest BCUT2D eigenvalue weighted by Gasteiger charge is 2.29. The minimum Gasteiger partial charge on any atom is -0.494 e. The molecule has 2 aromatic rings. The maximum atomic E-state index is 13.5. The van der Waals surface area contributed by atoms with Gasteiger partial charge < -0.3 is 9.64 Å². The summed E-state index contributed by atoms with van der Waals surface area (Å²) < 4.78 is 18.9. The van der Waals surface area contributed by atoms with Crippen molar-refractivity contribution in [2.75, 3.05) is 13.2 Å². The molecule has 1 saturated heterocycles. The van der Waals surface area contributed by atoms with Crippen molar-refractivity contribution in [3.8, 4) is 5.75 Å². The van der Waals surface area contributed by atoms with Gasteiger partial charge in [0.25, 0.3) is 0 Å². The van der Waals surface area contributed by atoms with Crippen molar-refractivity contribution in [1.82, 2.24) is 4.90 Å². The Hall–Kier alpha value is -2.36. The molecule has 24 heavy (non-hydrogen) atoms. The summed E-state index contributed by atoms with van der Waals surface area (Å²) in [5.41, 5.74) is 1.85. The summed E-state index contributed by atoms with van der Waals surface area (Å²) in [5, 5.41) is 0. The van der Waals surface area contributed by atoms with Crippen molar-refractivity contribution in [3.63, 3.8) is 0 Å². The number of nitrogens with zero attached hydrogens (tertiary/aromatic N) is 1. The topological polar surface area (TPSA) is 29.5 Å². The van der Waals surface area contributed by atoms with Gasteiger partial charge in [0.15, 0.2) is 0 Å². The third kappa shape index (κ3) is 3.75. The Bertz CT molecular complexity index is 699. The van der Waals surface area contributed by atoms with Crippen LogP contribution in [0.4, 0.5) is 4.39 Å². The largest absolute Gasteiger partial charge is 0.494 e. The number of rotatable bonds is 5. The Morgan fingerprint density at radius 3 is 2.75 bits per heavy atom. The second kappa shape index (κ2) is 7.47. The molecule has 2 aromatic carbocycles. The molecule has 0 bridgehead atoms. The summed E-state index contributed by atoms with van der Waals surface area (Å²) >= 11 is 0. The van der Waals surface area contributed by atoms with Gasteiger partial charge >= 0.3 is 0 Å². The van der Waals surface area contributed by atoms with Gasteiger partial charge in [-0.15, -0.1) is 0 Å². The average Bonchev–Trinajstić information content (AvgIpc) is 3.07. The predicted octanol–water partition coefficient (Wildman–Crippen LogP) is 4.13. The highest BCUT2D eigenvalue weighted by Crippen LogP contribution is 2.32. The normalized spacial score (nSPS) is 17.1. The van der Waals surface area contributed by atoms with E-state index in [1.165, 1.54) is 12.1 Å². The first kappa shape index (κ1) is 16.5. The maximum Gasteiger partial charge on any atom is 0.227 e. The number of ether oxygens (including phenoxy) is 1. The van der Waals surface area contributed by atoms with Crippen LogP contribution in [0.2, 0.25) is 0 Å². The molecule has 3 nitrogen and oxygen atoms in total. The molecule has 0 saturated carbocycles. The molecule has 1 amide bonds. The van der Waals surface area contributed by atoms with Gasteiger partial charge in [-0.2, -0.15) is 0 Å². The summed E-state index contributed by atoms with van der Waals surface area (Å²) in [6.07, 6.45) is 2.20. The minimum atomic E-state index is -0.252. The zero-order valence-corrected chi connectivity index (χ0v) is 13.9. The van der Waals surface area contributed by atoms with Gasteiger partial charge in [-0.05, 0) is 55.2 Å². The van der Waals surface area contributed by atoms with Gasteiger partial charge in [0.1, 0.15) is 11.6 Å². The van der Waals surface area contributed by atoms with E-state index in [4.69, 9.17) is 4.74 Å². The Morgan fingerprint density at radius 1 is 1.25 bits per heavy atom. The van der Waals surface area contributed by atoms with Gasteiger partial charge in [0, 0.05) is 6.54 Å². The Kier molecular flexibility index (Phi) is 5.14. The zero-order chi connectivity index (χ0) is 16.9. The van der Waals surface area contributed by atoms with E-state index in [1.54, 1.807) is 6.07 Å².